The van der Waals surface area contributed by atoms with Crippen molar-refractivity contribution in [2.45, 2.75) is 0 Å². The summed E-state index contributed by atoms with van der Waals surface area (Å²) in [5.74, 6) is -0.345. The monoisotopic (exact) mass is 268 g/mol. The van der Waals surface area contributed by atoms with Gasteiger partial charge < -0.3 is 9.84 Å². The third kappa shape index (κ3) is 1.89. The molecule has 2 heterocycles. The van der Waals surface area contributed by atoms with Crippen molar-refractivity contribution in [3.8, 4) is 17.0 Å². The predicted octanol–water partition coefficient (Wildman–Crippen LogP) is 2.71. The van der Waals surface area contributed by atoms with Gasteiger partial charge in [-0.25, -0.2) is 9.78 Å². The molecule has 0 unspecified atom stereocenters. The molecule has 1 aromatic carbocycles. The highest BCUT2D eigenvalue weighted by molar-refractivity contribution is 5.90. The molecule has 0 aliphatic rings. The molecular weight excluding hydrogens is 256 g/mol. The van der Waals surface area contributed by atoms with Crippen LogP contribution in [0.5, 0.6) is 5.75 Å². The zero-order valence-electron chi connectivity index (χ0n) is 10.8. The number of carbonyl (C=O) groups is 1. The topological polar surface area (TPSA) is 63.8 Å². The number of hydrogen-bond donors (Lipinski definition) is 1. The van der Waals surface area contributed by atoms with Crippen molar-refractivity contribution in [3.05, 3.63) is 54.4 Å². The summed E-state index contributed by atoms with van der Waals surface area (Å²) in [4.78, 5) is 15.4. The van der Waals surface area contributed by atoms with E-state index in [-0.39, 0.29) is 5.56 Å². The summed E-state index contributed by atoms with van der Waals surface area (Å²) in [6.07, 6.45) is 3.53. The Morgan fingerprint density at radius 3 is 2.90 bits per heavy atom. The molecule has 5 nitrogen and oxygen atoms in total. The fraction of sp³-hybridized carbons (Fsp3) is 0.0667. The van der Waals surface area contributed by atoms with Crippen LogP contribution in [-0.4, -0.2) is 27.6 Å². The number of benzene rings is 1. The Bertz CT molecular complexity index is 793. The van der Waals surface area contributed by atoms with Crippen molar-refractivity contribution >= 4 is 11.6 Å². The first-order valence-corrected chi connectivity index (χ1v) is 6.04. The molecule has 3 rings (SSSR count). The molecule has 2 aromatic heterocycles. The molecule has 0 amide bonds. The highest BCUT2D eigenvalue weighted by atomic mass is 16.5. The largest absolute Gasteiger partial charge is 0.496 e. The van der Waals surface area contributed by atoms with E-state index in [4.69, 9.17) is 9.84 Å². The van der Waals surface area contributed by atoms with Gasteiger partial charge in [0.15, 0.2) is 0 Å². The van der Waals surface area contributed by atoms with Crippen LogP contribution in [0.1, 0.15) is 10.4 Å². The van der Waals surface area contributed by atoms with Crippen LogP contribution < -0.4 is 4.74 Å². The quantitative estimate of drug-likeness (QED) is 0.793. The second-order valence-electron chi connectivity index (χ2n) is 4.29. The molecule has 0 bridgehead atoms. The van der Waals surface area contributed by atoms with Crippen molar-refractivity contribution in [3.63, 3.8) is 0 Å². The van der Waals surface area contributed by atoms with E-state index in [1.807, 2.05) is 28.8 Å². The first kappa shape index (κ1) is 12.2. The lowest BCUT2D eigenvalue weighted by Crippen LogP contribution is -1.99. The van der Waals surface area contributed by atoms with Gasteiger partial charge >= 0.3 is 5.97 Å². The highest BCUT2D eigenvalue weighted by Gasteiger charge is 2.13. The average Bonchev–Trinajstić information content (AvgIpc) is 2.94. The second kappa shape index (κ2) is 4.70. The molecule has 0 aliphatic heterocycles. The molecule has 0 atom stereocenters. The molecule has 0 fully saturated rings. The van der Waals surface area contributed by atoms with E-state index in [0.29, 0.717) is 5.75 Å². The predicted molar refractivity (Wildman–Crippen MR) is 74.1 cm³/mol. The molecule has 0 aliphatic carbocycles. The number of pyridine rings is 1. The van der Waals surface area contributed by atoms with Crippen LogP contribution in [-0.2, 0) is 0 Å². The van der Waals surface area contributed by atoms with Crippen molar-refractivity contribution in [1.29, 1.82) is 0 Å². The fourth-order valence-electron chi connectivity index (χ4n) is 2.21. The first-order valence-electron chi connectivity index (χ1n) is 6.04. The Morgan fingerprint density at radius 1 is 1.30 bits per heavy atom. The normalized spacial score (nSPS) is 10.7. The summed E-state index contributed by atoms with van der Waals surface area (Å²) in [5, 5.41) is 9.13. The van der Waals surface area contributed by atoms with Gasteiger partial charge in [0.1, 0.15) is 11.4 Å². The molecule has 5 heteroatoms. The minimum atomic E-state index is -0.966. The smallest absolute Gasteiger partial charge is 0.335 e. The van der Waals surface area contributed by atoms with Crippen LogP contribution in [0.2, 0.25) is 0 Å². The van der Waals surface area contributed by atoms with E-state index in [1.165, 1.54) is 6.07 Å². The van der Waals surface area contributed by atoms with E-state index in [0.717, 1.165) is 16.9 Å². The van der Waals surface area contributed by atoms with Crippen LogP contribution in [0.15, 0.2) is 48.8 Å². The van der Waals surface area contributed by atoms with Gasteiger partial charge in [-0.3, -0.25) is 4.40 Å². The van der Waals surface area contributed by atoms with E-state index >= 15 is 0 Å². The lowest BCUT2D eigenvalue weighted by molar-refractivity contribution is 0.0697. The van der Waals surface area contributed by atoms with Crippen molar-refractivity contribution in [1.82, 2.24) is 9.38 Å². The summed E-state index contributed by atoms with van der Waals surface area (Å²) >= 11 is 0. The molecule has 20 heavy (non-hydrogen) atoms. The number of hydrogen-bond acceptors (Lipinski definition) is 3. The third-order valence-electron chi connectivity index (χ3n) is 3.15. The maximum atomic E-state index is 11.1. The lowest BCUT2D eigenvalue weighted by Gasteiger charge is -2.11. The van der Waals surface area contributed by atoms with Gasteiger partial charge in [0.2, 0.25) is 0 Å². The molecular formula is C15H12N2O3. The Labute approximate surface area is 115 Å². The van der Waals surface area contributed by atoms with Gasteiger partial charge in [-0.05, 0) is 30.3 Å². The standard InChI is InChI=1S/C15H12N2O3/c1-20-13-6-5-10(15(18)19)9-11(13)12-3-2-4-14-16-7-8-17(12)14/h2-9H,1H3,(H,18,19). The molecule has 0 saturated carbocycles. The van der Waals surface area contributed by atoms with Crippen LogP contribution in [0.3, 0.4) is 0 Å². The molecule has 1 N–H and O–H groups in total. The molecule has 0 radical (unpaired) electrons. The number of aromatic nitrogens is 2. The van der Waals surface area contributed by atoms with E-state index in [2.05, 4.69) is 4.98 Å². The Kier molecular flexibility index (Phi) is 2.87. The summed E-state index contributed by atoms with van der Waals surface area (Å²) in [6.45, 7) is 0. The van der Waals surface area contributed by atoms with Crippen molar-refractivity contribution < 1.29 is 14.6 Å². The van der Waals surface area contributed by atoms with Gasteiger partial charge in [-0.1, -0.05) is 6.07 Å². The average molecular weight is 268 g/mol. The number of aromatic carboxylic acids is 1. The van der Waals surface area contributed by atoms with Gasteiger partial charge in [0.25, 0.3) is 0 Å². The first-order chi connectivity index (χ1) is 9.70. The summed E-state index contributed by atoms with van der Waals surface area (Å²) in [5.41, 5.74) is 2.57. The van der Waals surface area contributed by atoms with Gasteiger partial charge in [0, 0.05) is 18.0 Å². The maximum Gasteiger partial charge on any atom is 0.335 e. The fourth-order valence-corrected chi connectivity index (χ4v) is 2.21. The Morgan fingerprint density at radius 2 is 2.15 bits per heavy atom. The van der Waals surface area contributed by atoms with E-state index in [9.17, 15) is 4.79 Å². The number of fused-ring (bicyclic) bond motifs is 1. The molecule has 3 aromatic rings. The molecule has 0 spiro atoms. The second-order valence-corrected chi connectivity index (χ2v) is 4.29. The SMILES string of the molecule is COc1ccc(C(=O)O)cc1-c1cccc2nccn12. The summed E-state index contributed by atoms with van der Waals surface area (Å²) in [6, 6.07) is 10.5. The van der Waals surface area contributed by atoms with Gasteiger partial charge in [0.05, 0.1) is 18.4 Å². The van der Waals surface area contributed by atoms with Crippen LogP contribution in [0.25, 0.3) is 16.9 Å². The summed E-state index contributed by atoms with van der Waals surface area (Å²) in [7, 11) is 1.56. The zero-order valence-corrected chi connectivity index (χ0v) is 10.8. The zero-order chi connectivity index (χ0) is 14.1. The maximum absolute atomic E-state index is 11.1. The molecule has 0 saturated heterocycles. The Hall–Kier alpha value is -2.82. The van der Waals surface area contributed by atoms with Crippen LogP contribution >= 0.6 is 0 Å². The van der Waals surface area contributed by atoms with E-state index in [1.54, 1.807) is 25.4 Å². The number of nitrogens with zero attached hydrogens (tertiary/aromatic N) is 2. The number of methoxy groups -OCH3 is 1. The minimum Gasteiger partial charge on any atom is -0.496 e. The van der Waals surface area contributed by atoms with E-state index < -0.39 is 5.97 Å². The number of carboxylic acids is 1. The van der Waals surface area contributed by atoms with Crippen LogP contribution in [0, 0.1) is 0 Å². The van der Waals surface area contributed by atoms with Gasteiger partial charge in [-0.2, -0.15) is 0 Å². The number of rotatable bonds is 3. The Balaban J connectivity index is 2.29. The number of carboxylic acid groups (broad SMARTS) is 1. The number of ether oxygens (including phenoxy) is 1. The van der Waals surface area contributed by atoms with Crippen molar-refractivity contribution in [2.24, 2.45) is 0 Å². The highest BCUT2D eigenvalue weighted by Crippen LogP contribution is 2.31. The van der Waals surface area contributed by atoms with Crippen molar-refractivity contribution in [2.75, 3.05) is 7.11 Å². The summed E-state index contributed by atoms with van der Waals surface area (Å²) < 4.78 is 7.23. The number of imidazole rings is 1. The third-order valence-corrected chi connectivity index (χ3v) is 3.15. The molecule has 100 valence electrons. The lowest BCUT2D eigenvalue weighted by atomic mass is 10.1. The minimum absolute atomic E-state index is 0.220. The van der Waals surface area contributed by atoms with Gasteiger partial charge in [-0.15, -0.1) is 0 Å². The van der Waals surface area contributed by atoms with Crippen LogP contribution in [0.4, 0.5) is 0 Å².